The van der Waals surface area contributed by atoms with Crippen molar-refractivity contribution in [2.24, 2.45) is 0 Å². The van der Waals surface area contributed by atoms with Crippen LogP contribution in [-0.2, 0) is 19.1 Å². The van der Waals surface area contributed by atoms with Crippen molar-refractivity contribution in [3.63, 3.8) is 0 Å². The van der Waals surface area contributed by atoms with Gasteiger partial charge in [0.15, 0.2) is 0 Å². The van der Waals surface area contributed by atoms with Crippen LogP contribution < -0.4 is 20.1 Å². The van der Waals surface area contributed by atoms with E-state index in [1.54, 1.807) is 13.8 Å². The van der Waals surface area contributed by atoms with E-state index >= 15 is 0 Å². The highest BCUT2D eigenvalue weighted by atomic mass is 16.6. The number of rotatable bonds is 14. The Labute approximate surface area is 238 Å². The lowest BCUT2D eigenvalue weighted by Gasteiger charge is -2.30. The van der Waals surface area contributed by atoms with Gasteiger partial charge in [-0.2, -0.15) is 0 Å². The molecule has 1 aliphatic heterocycles. The standard InChI is InChI=1S/C29H35N3O9/c1-18-25(28(34)38-3)27(26(19(2)31-18)29(35)39-4)23-15-20(32(36)37)11-12-24(23)40-14-8-13-30-16-21(33)17-41-22-9-6-5-7-10-22/h5-7,9-12,15,21,27,30-31,33H,8,13-14,16-17H2,1-4H3. The summed E-state index contributed by atoms with van der Waals surface area (Å²) in [5, 5.41) is 27.9. The maximum atomic E-state index is 12.9. The summed E-state index contributed by atoms with van der Waals surface area (Å²) in [6.07, 6.45) is -0.178. The molecule has 0 radical (unpaired) electrons. The second kappa shape index (κ2) is 14.8. The molecule has 0 spiro atoms. The minimum absolute atomic E-state index is 0.109. The van der Waals surface area contributed by atoms with Crippen LogP contribution in [-0.4, -0.2) is 68.6 Å². The maximum absolute atomic E-state index is 12.9. The quantitative estimate of drug-likeness (QED) is 0.133. The second-order valence-electron chi connectivity index (χ2n) is 9.28. The van der Waals surface area contributed by atoms with E-state index in [0.717, 1.165) is 0 Å². The fraction of sp³-hybridized carbons (Fsp3) is 0.379. The molecule has 3 rings (SSSR count). The predicted molar refractivity (Wildman–Crippen MR) is 149 cm³/mol. The van der Waals surface area contributed by atoms with Crippen molar-refractivity contribution < 1.29 is 38.6 Å². The van der Waals surface area contributed by atoms with Crippen molar-refractivity contribution >= 4 is 17.6 Å². The van der Waals surface area contributed by atoms with E-state index < -0.39 is 28.9 Å². The molecule has 2 aromatic carbocycles. The van der Waals surface area contributed by atoms with Crippen LogP contribution in [0.4, 0.5) is 5.69 Å². The number of nitrogens with one attached hydrogen (secondary N) is 2. The van der Waals surface area contributed by atoms with Gasteiger partial charge in [-0.15, -0.1) is 0 Å². The van der Waals surface area contributed by atoms with Gasteiger partial charge in [0.05, 0.1) is 42.8 Å². The molecule has 41 heavy (non-hydrogen) atoms. The van der Waals surface area contributed by atoms with Crippen molar-refractivity contribution in [2.45, 2.75) is 32.3 Å². The fourth-order valence-corrected chi connectivity index (χ4v) is 4.49. The monoisotopic (exact) mass is 569 g/mol. The number of benzene rings is 2. The normalized spacial score (nSPS) is 14.3. The SMILES string of the molecule is COC(=O)C1=C(C)NC(C)=C(C(=O)OC)C1c1cc([N+](=O)[O-])ccc1OCCCNCC(O)COc1ccccc1. The zero-order valence-electron chi connectivity index (χ0n) is 23.5. The first-order valence-corrected chi connectivity index (χ1v) is 13.0. The van der Waals surface area contributed by atoms with Gasteiger partial charge in [-0.3, -0.25) is 10.1 Å². The molecule has 220 valence electrons. The number of esters is 2. The topological polar surface area (TPSA) is 158 Å². The Morgan fingerprint density at radius 1 is 1.02 bits per heavy atom. The first-order chi connectivity index (χ1) is 19.7. The summed E-state index contributed by atoms with van der Waals surface area (Å²) in [7, 11) is 2.43. The minimum Gasteiger partial charge on any atom is -0.493 e. The van der Waals surface area contributed by atoms with E-state index in [1.807, 2.05) is 30.3 Å². The Morgan fingerprint density at radius 2 is 1.66 bits per heavy atom. The largest absolute Gasteiger partial charge is 0.493 e. The van der Waals surface area contributed by atoms with E-state index in [2.05, 4.69) is 10.6 Å². The first kappa shape index (κ1) is 31.1. The van der Waals surface area contributed by atoms with Gasteiger partial charge in [-0.25, -0.2) is 9.59 Å². The molecule has 0 saturated heterocycles. The predicted octanol–water partition coefficient (Wildman–Crippen LogP) is 2.97. The lowest BCUT2D eigenvalue weighted by atomic mass is 9.80. The molecule has 12 nitrogen and oxygen atoms in total. The van der Waals surface area contributed by atoms with Crippen molar-refractivity contribution in [3.05, 3.63) is 86.7 Å². The van der Waals surface area contributed by atoms with Gasteiger partial charge in [0.25, 0.3) is 5.69 Å². The van der Waals surface area contributed by atoms with Gasteiger partial charge in [-0.1, -0.05) is 18.2 Å². The Hall–Kier alpha value is -4.42. The molecule has 0 fully saturated rings. The Bertz CT molecular complexity index is 1270. The number of hydrogen-bond acceptors (Lipinski definition) is 11. The van der Waals surface area contributed by atoms with Crippen molar-refractivity contribution in [2.75, 3.05) is 40.5 Å². The van der Waals surface area contributed by atoms with Crippen LogP contribution in [0.25, 0.3) is 0 Å². The number of carbonyl (C=O) groups excluding carboxylic acids is 2. The van der Waals surface area contributed by atoms with E-state index in [9.17, 15) is 24.8 Å². The van der Waals surface area contributed by atoms with Gasteiger partial charge >= 0.3 is 11.9 Å². The van der Waals surface area contributed by atoms with Crippen molar-refractivity contribution in [1.29, 1.82) is 0 Å². The molecule has 1 aliphatic rings. The summed E-state index contributed by atoms with van der Waals surface area (Å²) in [5.74, 6) is -1.50. The summed E-state index contributed by atoms with van der Waals surface area (Å²) >= 11 is 0. The Morgan fingerprint density at radius 3 is 2.24 bits per heavy atom. The number of hydrogen-bond donors (Lipinski definition) is 3. The summed E-state index contributed by atoms with van der Waals surface area (Å²) in [4.78, 5) is 36.8. The molecule has 0 aromatic heterocycles. The third-order valence-corrected chi connectivity index (χ3v) is 6.41. The molecule has 0 saturated carbocycles. The average Bonchev–Trinajstić information content (AvgIpc) is 2.97. The number of aliphatic hydroxyl groups is 1. The number of methoxy groups -OCH3 is 2. The van der Waals surface area contributed by atoms with Crippen LogP contribution in [0.1, 0.15) is 31.7 Å². The summed E-state index contributed by atoms with van der Waals surface area (Å²) in [6, 6.07) is 13.2. The third kappa shape index (κ3) is 8.05. The molecular weight excluding hydrogens is 534 g/mol. The summed E-state index contributed by atoms with van der Waals surface area (Å²) in [6.45, 7) is 4.48. The van der Waals surface area contributed by atoms with Gasteiger partial charge in [-0.05, 0) is 45.0 Å². The van der Waals surface area contributed by atoms with E-state index in [4.69, 9.17) is 18.9 Å². The van der Waals surface area contributed by atoms with Crippen LogP contribution in [0.15, 0.2) is 71.1 Å². The zero-order chi connectivity index (χ0) is 29.9. The molecule has 2 aromatic rings. The number of para-hydroxylation sites is 1. The van der Waals surface area contributed by atoms with Crippen LogP contribution >= 0.6 is 0 Å². The first-order valence-electron chi connectivity index (χ1n) is 13.0. The fourth-order valence-electron chi connectivity index (χ4n) is 4.49. The highest BCUT2D eigenvalue weighted by molar-refractivity contribution is 6.00. The number of nitro benzene ring substituents is 1. The lowest BCUT2D eigenvalue weighted by molar-refractivity contribution is -0.384. The maximum Gasteiger partial charge on any atom is 0.336 e. The number of nitrogens with zero attached hydrogens (tertiary/aromatic N) is 1. The smallest absolute Gasteiger partial charge is 0.336 e. The van der Waals surface area contributed by atoms with Crippen molar-refractivity contribution in [3.8, 4) is 11.5 Å². The molecule has 0 bridgehead atoms. The summed E-state index contributed by atoms with van der Waals surface area (Å²) < 4.78 is 21.5. The van der Waals surface area contributed by atoms with Gasteiger partial charge in [0, 0.05) is 35.6 Å². The number of non-ortho nitro benzene ring substituents is 1. The van der Waals surface area contributed by atoms with E-state index in [-0.39, 0.29) is 41.4 Å². The number of dihydropyridines is 1. The molecule has 0 amide bonds. The van der Waals surface area contributed by atoms with Crippen LogP contribution in [0, 0.1) is 10.1 Å². The number of nitro groups is 1. The minimum atomic E-state index is -1.04. The van der Waals surface area contributed by atoms with Crippen LogP contribution in [0.5, 0.6) is 11.5 Å². The average molecular weight is 570 g/mol. The molecule has 1 unspecified atom stereocenters. The molecular formula is C29H35N3O9. The molecule has 1 heterocycles. The Kier molecular flexibility index (Phi) is 11.2. The van der Waals surface area contributed by atoms with Crippen LogP contribution in [0.2, 0.25) is 0 Å². The number of allylic oxidation sites excluding steroid dienone is 2. The highest BCUT2D eigenvalue weighted by Crippen LogP contribution is 2.44. The summed E-state index contributed by atoms with van der Waals surface area (Å²) in [5.41, 5.74) is 1.10. The van der Waals surface area contributed by atoms with Crippen molar-refractivity contribution in [1.82, 2.24) is 10.6 Å². The molecule has 0 aliphatic carbocycles. The lowest BCUT2D eigenvalue weighted by Crippen LogP contribution is -2.32. The molecule has 1 atom stereocenters. The number of carbonyl (C=O) groups is 2. The number of ether oxygens (including phenoxy) is 4. The zero-order valence-corrected chi connectivity index (χ0v) is 23.5. The number of aliphatic hydroxyl groups excluding tert-OH is 1. The van der Waals surface area contributed by atoms with Gasteiger partial charge in [0.1, 0.15) is 24.2 Å². The van der Waals surface area contributed by atoms with Crippen LogP contribution in [0.3, 0.4) is 0 Å². The van der Waals surface area contributed by atoms with Gasteiger partial charge < -0.3 is 34.7 Å². The molecule has 3 N–H and O–H groups in total. The Balaban J connectivity index is 1.74. The second-order valence-corrected chi connectivity index (χ2v) is 9.28. The third-order valence-electron chi connectivity index (χ3n) is 6.41. The van der Waals surface area contributed by atoms with Gasteiger partial charge in [0.2, 0.25) is 0 Å². The van der Waals surface area contributed by atoms with E-state index in [1.165, 1.54) is 32.4 Å². The van der Waals surface area contributed by atoms with E-state index in [0.29, 0.717) is 36.7 Å². The highest BCUT2D eigenvalue weighted by Gasteiger charge is 2.39. The molecule has 12 heteroatoms.